The van der Waals surface area contributed by atoms with Crippen LogP contribution < -0.4 is 9.47 Å². The standard InChI is InChI=1S/C32H22O10/c33-17-5-1-15(2-6-17)31-29(39)21(27-23(37)11-19(35)13-25(27)41-31)9-10-22-28-24(38)12-20(36)14-26(28)42-32(30(22)40)16-3-7-18(34)8-4-16/h1-14,33-40H/b21-9+,22-10+. The van der Waals surface area contributed by atoms with Crippen LogP contribution in [0, 0.1) is 0 Å². The Hall–Kier alpha value is -6.16. The van der Waals surface area contributed by atoms with E-state index in [1.54, 1.807) is 0 Å². The molecule has 6 rings (SSSR count). The first-order valence-electron chi connectivity index (χ1n) is 12.5. The summed E-state index contributed by atoms with van der Waals surface area (Å²) >= 11 is 0. The van der Waals surface area contributed by atoms with Crippen LogP contribution in [0.3, 0.4) is 0 Å². The highest BCUT2D eigenvalue weighted by Gasteiger charge is 2.31. The van der Waals surface area contributed by atoms with E-state index in [9.17, 15) is 40.9 Å². The van der Waals surface area contributed by atoms with Crippen LogP contribution >= 0.6 is 0 Å². The third kappa shape index (κ3) is 4.42. The lowest BCUT2D eigenvalue weighted by molar-refractivity contribution is 0.388. The first-order chi connectivity index (χ1) is 20.1. The molecule has 2 aliphatic rings. The summed E-state index contributed by atoms with van der Waals surface area (Å²) in [7, 11) is 0. The molecule has 0 aromatic heterocycles. The van der Waals surface area contributed by atoms with Crippen molar-refractivity contribution in [3.05, 3.63) is 119 Å². The maximum Gasteiger partial charge on any atom is 0.176 e. The van der Waals surface area contributed by atoms with Gasteiger partial charge in [-0.3, -0.25) is 0 Å². The summed E-state index contributed by atoms with van der Waals surface area (Å²) in [5.41, 5.74) is 0.894. The van der Waals surface area contributed by atoms with Gasteiger partial charge in [-0.05, 0) is 60.7 Å². The summed E-state index contributed by atoms with van der Waals surface area (Å²) < 4.78 is 11.7. The molecule has 10 heteroatoms. The highest BCUT2D eigenvalue weighted by molar-refractivity contribution is 5.97. The predicted octanol–water partition coefficient (Wildman–Crippen LogP) is 6.03. The van der Waals surface area contributed by atoms with Crippen molar-refractivity contribution >= 4 is 22.7 Å². The third-order valence-corrected chi connectivity index (χ3v) is 6.71. The van der Waals surface area contributed by atoms with E-state index in [0.29, 0.717) is 11.1 Å². The molecule has 0 saturated heterocycles. The maximum atomic E-state index is 11.3. The van der Waals surface area contributed by atoms with Crippen LogP contribution in [0.2, 0.25) is 0 Å². The molecule has 0 saturated carbocycles. The van der Waals surface area contributed by atoms with Gasteiger partial charge in [0.05, 0.1) is 11.1 Å². The van der Waals surface area contributed by atoms with Gasteiger partial charge in [-0.1, -0.05) is 0 Å². The lowest BCUT2D eigenvalue weighted by atomic mass is 9.93. The average Bonchev–Trinajstić information content (AvgIpc) is 2.94. The van der Waals surface area contributed by atoms with Crippen molar-refractivity contribution in [1.82, 2.24) is 0 Å². The average molecular weight is 567 g/mol. The summed E-state index contributed by atoms with van der Waals surface area (Å²) in [6.07, 6.45) is 2.74. The van der Waals surface area contributed by atoms with E-state index in [4.69, 9.17) is 9.47 Å². The van der Waals surface area contributed by atoms with E-state index in [1.165, 1.54) is 72.8 Å². The number of hydrogen-bond acceptors (Lipinski definition) is 10. The number of hydrogen-bond donors (Lipinski definition) is 8. The van der Waals surface area contributed by atoms with Crippen molar-refractivity contribution < 1.29 is 50.3 Å². The summed E-state index contributed by atoms with van der Waals surface area (Å²) in [4.78, 5) is 0. The summed E-state index contributed by atoms with van der Waals surface area (Å²) in [5.74, 6) is -2.29. The predicted molar refractivity (Wildman–Crippen MR) is 152 cm³/mol. The van der Waals surface area contributed by atoms with Gasteiger partial charge in [0.25, 0.3) is 0 Å². The normalized spacial score (nSPS) is 16.2. The molecule has 0 fully saturated rings. The lowest BCUT2D eigenvalue weighted by Gasteiger charge is -2.25. The molecule has 0 amide bonds. The summed E-state index contributed by atoms with van der Waals surface area (Å²) in [6.45, 7) is 0. The van der Waals surface area contributed by atoms with E-state index in [0.717, 1.165) is 12.1 Å². The van der Waals surface area contributed by atoms with Gasteiger partial charge >= 0.3 is 0 Å². The minimum atomic E-state index is -0.407. The van der Waals surface area contributed by atoms with Crippen molar-refractivity contribution in [2.75, 3.05) is 0 Å². The Morgan fingerprint density at radius 2 is 0.786 bits per heavy atom. The molecular formula is C32H22O10. The molecule has 2 heterocycles. The molecule has 0 bridgehead atoms. The number of ether oxygens (including phenoxy) is 2. The van der Waals surface area contributed by atoms with E-state index < -0.39 is 23.0 Å². The van der Waals surface area contributed by atoms with Crippen LogP contribution in [-0.4, -0.2) is 40.9 Å². The zero-order chi connectivity index (χ0) is 29.7. The number of fused-ring (bicyclic) bond motifs is 2. The van der Waals surface area contributed by atoms with Gasteiger partial charge in [-0.15, -0.1) is 0 Å². The van der Waals surface area contributed by atoms with Crippen LogP contribution in [0.4, 0.5) is 0 Å². The SMILES string of the molecule is OC1=C(c2ccc(O)cc2)Oc2cc(O)cc(O)c2/C1=C\C=C1\C(O)=C(c2ccc(O)cc2)Oc2cc(O)cc(O)c21. The molecule has 0 atom stereocenters. The fraction of sp³-hybridized carbons (Fsp3) is 0. The summed E-state index contributed by atoms with van der Waals surface area (Å²) in [5, 5.41) is 83.7. The van der Waals surface area contributed by atoms with Crippen molar-refractivity contribution in [3.8, 4) is 46.0 Å². The molecule has 0 aliphatic carbocycles. The number of aliphatic hydroxyl groups is 2. The molecule has 2 aliphatic heterocycles. The van der Waals surface area contributed by atoms with Crippen LogP contribution in [0.25, 0.3) is 22.7 Å². The van der Waals surface area contributed by atoms with Gasteiger partial charge in [-0.25, -0.2) is 0 Å². The molecule has 0 radical (unpaired) electrons. The Morgan fingerprint density at radius 1 is 0.429 bits per heavy atom. The van der Waals surface area contributed by atoms with Crippen LogP contribution in [0.15, 0.2) is 96.5 Å². The van der Waals surface area contributed by atoms with Gasteiger partial charge in [-0.2, -0.15) is 0 Å². The Balaban J connectivity index is 1.60. The number of allylic oxidation sites excluding steroid dienone is 4. The zero-order valence-corrected chi connectivity index (χ0v) is 21.5. The van der Waals surface area contributed by atoms with Crippen LogP contribution in [-0.2, 0) is 0 Å². The Kier molecular flexibility index (Phi) is 6.08. The quantitative estimate of drug-likeness (QED) is 0.146. The molecule has 4 aromatic carbocycles. The second-order valence-corrected chi connectivity index (χ2v) is 9.49. The van der Waals surface area contributed by atoms with Crippen molar-refractivity contribution in [3.63, 3.8) is 0 Å². The minimum Gasteiger partial charge on any atom is -0.508 e. The fourth-order valence-corrected chi connectivity index (χ4v) is 4.78. The number of phenols is 6. The largest absolute Gasteiger partial charge is 0.508 e. The first-order valence-corrected chi connectivity index (χ1v) is 12.5. The van der Waals surface area contributed by atoms with E-state index in [2.05, 4.69) is 0 Å². The van der Waals surface area contributed by atoms with Gasteiger partial charge in [0, 0.05) is 46.5 Å². The van der Waals surface area contributed by atoms with E-state index >= 15 is 0 Å². The molecule has 4 aromatic rings. The van der Waals surface area contributed by atoms with Gasteiger partial charge < -0.3 is 50.3 Å². The van der Waals surface area contributed by atoms with E-state index in [1.807, 2.05) is 0 Å². The number of phenolic OH excluding ortho intramolecular Hbond substituents is 6. The molecule has 0 spiro atoms. The smallest absolute Gasteiger partial charge is 0.176 e. The van der Waals surface area contributed by atoms with Crippen molar-refractivity contribution in [2.45, 2.75) is 0 Å². The second-order valence-electron chi connectivity index (χ2n) is 9.49. The molecule has 210 valence electrons. The lowest BCUT2D eigenvalue weighted by Crippen LogP contribution is -2.10. The number of aliphatic hydroxyl groups excluding tert-OH is 2. The van der Waals surface area contributed by atoms with Crippen molar-refractivity contribution in [1.29, 1.82) is 0 Å². The van der Waals surface area contributed by atoms with Crippen molar-refractivity contribution in [2.24, 2.45) is 0 Å². The summed E-state index contributed by atoms with van der Waals surface area (Å²) in [6, 6.07) is 16.2. The van der Waals surface area contributed by atoms with Crippen LogP contribution in [0.1, 0.15) is 22.3 Å². The third-order valence-electron chi connectivity index (χ3n) is 6.71. The molecule has 8 N–H and O–H groups in total. The van der Waals surface area contributed by atoms with Gasteiger partial charge in [0.2, 0.25) is 0 Å². The number of aromatic hydroxyl groups is 6. The Bertz CT molecular complexity index is 1740. The maximum absolute atomic E-state index is 11.3. The first kappa shape index (κ1) is 26.1. The number of benzene rings is 4. The molecule has 10 nitrogen and oxygen atoms in total. The Morgan fingerprint density at radius 3 is 1.14 bits per heavy atom. The fourth-order valence-electron chi connectivity index (χ4n) is 4.78. The Labute approximate surface area is 237 Å². The van der Waals surface area contributed by atoms with Crippen LogP contribution in [0.5, 0.6) is 46.0 Å². The van der Waals surface area contributed by atoms with E-state index in [-0.39, 0.29) is 68.3 Å². The van der Waals surface area contributed by atoms with Gasteiger partial charge in [0.1, 0.15) is 46.0 Å². The minimum absolute atomic E-state index is 0.0124. The molecular weight excluding hydrogens is 544 g/mol. The number of rotatable bonds is 3. The molecule has 0 unspecified atom stereocenters. The second kappa shape index (κ2) is 9.79. The highest BCUT2D eigenvalue weighted by Crippen LogP contribution is 2.49. The monoisotopic (exact) mass is 566 g/mol. The topological polar surface area (TPSA) is 180 Å². The zero-order valence-electron chi connectivity index (χ0n) is 21.5. The highest BCUT2D eigenvalue weighted by atomic mass is 16.5. The molecule has 42 heavy (non-hydrogen) atoms. The van der Waals surface area contributed by atoms with Gasteiger partial charge in [0.15, 0.2) is 23.0 Å².